The summed E-state index contributed by atoms with van der Waals surface area (Å²) in [5, 5.41) is 8.97. The van der Waals surface area contributed by atoms with E-state index in [1.807, 2.05) is 24.3 Å². The van der Waals surface area contributed by atoms with Gasteiger partial charge in [0.2, 0.25) is 0 Å². The average molecular weight is 384 g/mol. The quantitative estimate of drug-likeness (QED) is 0.823. The Kier molecular flexibility index (Phi) is 4.22. The normalized spacial score (nSPS) is 10.6. The first-order valence-corrected chi connectivity index (χ1v) is 7.05. The van der Waals surface area contributed by atoms with Gasteiger partial charge >= 0.3 is 11.7 Å². The van der Waals surface area contributed by atoms with Crippen molar-refractivity contribution in [1.82, 2.24) is 9.55 Å². The van der Waals surface area contributed by atoms with Crippen molar-refractivity contribution in [2.45, 2.75) is 20.3 Å². The number of carboxylic acid groups (broad SMARTS) is 1. The van der Waals surface area contributed by atoms with Crippen molar-refractivity contribution >= 4 is 28.6 Å². The molecule has 0 bridgehead atoms. The number of carboxylic acids is 1. The summed E-state index contributed by atoms with van der Waals surface area (Å²) in [5.74, 6) is -0.939. The minimum Gasteiger partial charge on any atom is -0.481 e. The Morgan fingerprint density at radius 1 is 1.30 bits per heavy atom. The number of hydrogen-bond donors (Lipinski definition) is 1. The van der Waals surface area contributed by atoms with E-state index in [4.69, 9.17) is 5.11 Å². The topological polar surface area (TPSA) is 72.2 Å². The molecular formula is C14H13IN2O3. The molecule has 0 atom stereocenters. The highest BCUT2D eigenvalue weighted by atomic mass is 127. The van der Waals surface area contributed by atoms with Crippen LogP contribution in [0.2, 0.25) is 0 Å². The number of aromatic nitrogens is 2. The number of rotatable bonds is 3. The van der Waals surface area contributed by atoms with Crippen molar-refractivity contribution < 1.29 is 9.90 Å². The van der Waals surface area contributed by atoms with Crippen LogP contribution in [0, 0.1) is 17.4 Å². The molecule has 2 rings (SSSR count). The first-order valence-electron chi connectivity index (χ1n) is 5.97. The van der Waals surface area contributed by atoms with Crippen LogP contribution in [0.4, 0.5) is 0 Å². The lowest BCUT2D eigenvalue weighted by atomic mass is 10.1. The SMILES string of the molecule is Cc1nc(=O)n(-c2ccc(I)cc2)c(C)c1CC(=O)O. The fourth-order valence-electron chi connectivity index (χ4n) is 2.10. The maximum atomic E-state index is 12.1. The van der Waals surface area contributed by atoms with Gasteiger partial charge in [-0.2, -0.15) is 4.98 Å². The highest BCUT2D eigenvalue weighted by Crippen LogP contribution is 2.16. The van der Waals surface area contributed by atoms with Gasteiger partial charge in [-0.25, -0.2) is 4.79 Å². The zero-order valence-corrected chi connectivity index (χ0v) is 13.2. The van der Waals surface area contributed by atoms with Gasteiger partial charge in [0.05, 0.1) is 12.1 Å². The molecule has 0 aliphatic carbocycles. The summed E-state index contributed by atoms with van der Waals surface area (Å²) in [6.45, 7) is 3.40. The summed E-state index contributed by atoms with van der Waals surface area (Å²) < 4.78 is 2.50. The standard InChI is InChI=1S/C14H13IN2O3/c1-8-12(7-13(18)19)9(2)17(14(20)16-8)11-5-3-10(15)4-6-11/h3-6H,7H2,1-2H3,(H,18,19). The smallest absolute Gasteiger partial charge is 0.352 e. The molecule has 5 nitrogen and oxygen atoms in total. The highest BCUT2D eigenvalue weighted by molar-refractivity contribution is 14.1. The molecule has 104 valence electrons. The largest absolute Gasteiger partial charge is 0.481 e. The minimum atomic E-state index is -0.939. The van der Waals surface area contributed by atoms with Crippen molar-refractivity contribution in [3.05, 3.63) is 55.3 Å². The van der Waals surface area contributed by atoms with Gasteiger partial charge in [-0.1, -0.05) is 0 Å². The summed E-state index contributed by atoms with van der Waals surface area (Å²) in [4.78, 5) is 26.9. The highest BCUT2D eigenvalue weighted by Gasteiger charge is 2.15. The van der Waals surface area contributed by atoms with Crippen LogP contribution < -0.4 is 5.69 Å². The molecule has 2 aromatic rings. The number of carbonyl (C=O) groups is 1. The van der Waals surface area contributed by atoms with Gasteiger partial charge in [0.15, 0.2) is 0 Å². The number of aryl methyl sites for hydroxylation is 1. The van der Waals surface area contributed by atoms with E-state index in [9.17, 15) is 9.59 Å². The van der Waals surface area contributed by atoms with Crippen molar-refractivity contribution in [2.75, 3.05) is 0 Å². The van der Waals surface area contributed by atoms with Crippen LogP contribution in [0.1, 0.15) is 17.0 Å². The van der Waals surface area contributed by atoms with Crippen molar-refractivity contribution in [3.8, 4) is 5.69 Å². The number of benzene rings is 1. The second-order valence-electron chi connectivity index (χ2n) is 4.43. The van der Waals surface area contributed by atoms with Crippen LogP contribution in [0.25, 0.3) is 5.69 Å². The van der Waals surface area contributed by atoms with E-state index < -0.39 is 11.7 Å². The third-order valence-corrected chi connectivity index (χ3v) is 3.80. The maximum absolute atomic E-state index is 12.1. The van der Waals surface area contributed by atoms with Gasteiger partial charge in [-0.15, -0.1) is 0 Å². The van der Waals surface area contributed by atoms with Gasteiger partial charge < -0.3 is 5.11 Å². The van der Waals surface area contributed by atoms with Crippen LogP contribution in [0.5, 0.6) is 0 Å². The summed E-state index contributed by atoms with van der Waals surface area (Å²) >= 11 is 2.18. The second-order valence-corrected chi connectivity index (χ2v) is 5.67. The maximum Gasteiger partial charge on any atom is 0.352 e. The van der Waals surface area contributed by atoms with Crippen LogP contribution in [-0.4, -0.2) is 20.6 Å². The van der Waals surface area contributed by atoms with E-state index in [2.05, 4.69) is 27.6 Å². The van der Waals surface area contributed by atoms with Gasteiger partial charge in [0.1, 0.15) is 0 Å². The molecule has 6 heteroatoms. The lowest BCUT2D eigenvalue weighted by molar-refractivity contribution is -0.136. The molecular weight excluding hydrogens is 371 g/mol. The minimum absolute atomic E-state index is 0.144. The van der Waals surface area contributed by atoms with Crippen molar-refractivity contribution in [3.63, 3.8) is 0 Å². The molecule has 20 heavy (non-hydrogen) atoms. The van der Waals surface area contributed by atoms with E-state index in [0.717, 1.165) is 3.57 Å². The van der Waals surface area contributed by atoms with E-state index in [0.29, 0.717) is 22.6 Å². The van der Waals surface area contributed by atoms with E-state index in [-0.39, 0.29) is 6.42 Å². The first kappa shape index (κ1) is 14.7. The van der Waals surface area contributed by atoms with Gasteiger partial charge in [0, 0.05) is 20.5 Å². The molecule has 0 unspecified atom stereocenters. The van der Waals surface area contributed by atoms with Gasteiger partial charge in [0.25, 0.3) is 0 Å². The Morgan fingerprint density at radius 2 is 1.90 bits per heavy atom. The molecule has 0 saturated carbocycles. The Balaban J connectivity index is 2.67. The molecule has 0 radical (unpaired) electrons. The van der Waals surface area contributed by atoms with E-state index in [1.165, 1.54) is 4.57 Å². The summed E-state index contributed by atoms with van der Waals surface area (Å²) in [7, 11) is 0. The summed E-state index contributed by atoms with van der Waals surface area (Å²) in [6, 6.07) is 7.41. The number of aliphatic carboxylic acids is 1. The summed E-state index contributed by atoms with van der Waals surface area (Å²) in [6.07, 6.45) is -0.144. The predicted octanol–water partition coefficient (Wildman–Crippen LogP) is 2.08. The Bertz CT molecular complexity index is 720. The molecule has 0 spiro atoms. The zero-order chi connectivity index (χ0) is 14.9. The van der Waals surface area contributed by atoms with Crippen LogP contribution in [0.3, 0.4) is 0 Å². The fraction of sp³-hybridized carbons (Fsp3) is 0.214. The molecule has 1 aromatic heterocycles. The third-order valence-electron chi connectivity index (χ3n) is 3.08. The Morgan fingerprint density at radius 3 is 2.45 bits per heavy atom. The van der Waals surface area contributed by atoms with Crippen LogP contribution >= 0.6 is 22.6 Å². The first-order chi connectivity index (χ1) is 9.40. The average Bonchev–Trinajstić information content (AvgIpc) is 2.36. The number of hydrogen-bond acceptors (Lipinski definition) is 3. The predicted molar refractivity (Wildman–Crippen MR) is 83.4 cm³/mol. The molecule has 1 aromatic carbocycles. The molecule has 0 aliphatic rings. The van der Waals surface area contributed by atoms with Crippen LogP contribution in [0.15, 0.2) is 29.1 Å². The molecule has 0 amide bonds. The fourth-order valence-corrected chi connectivity index (χ4v) is 2.46. The summed E-state index contributed by atoms with van der Waals surface area (Å²) in [5.41, 5.74) is 1.96. The Labute approximate surface area is 129 Å². The van der Waals surface area contributed by atoms with E-state index >= 15 is 0 Å². The second kappa shape index (κ2) is 5.74. The monoisotopic (exact) mass is 384 g/mol. The molecule has 0 saturated heterocycles. The lowest BCUT2D eigenvalue weighted by Gasteiger charge is -2.14. The molecule has 1 N–H and O–H groups in total. The van der Waals surface area contributed by atoms with Gasteiger partial charge in [-0.05, 0) is 60.7 Å². The Hall–Kier alpha value is -1.70. The van der Waals surface area contributed by atoms with Crippen molar-refractivity contribution in [1.29, 1.82) is 0 Å². The molecule has 1 heterocycles. The number of nitrogens with zero attached hydrogens (tertiary/aromatic N) is 2. The lowest BCUT2D eigenvalue weighted by Crippen LogP contribution is -2.27. The molecule has 0 fully saturated rings. The van der Waals surface area contributed by atoms with Gasteiger partial charge in [-0.3, -0.25) is 9.36 Å². The molecule has 0 aliphatic heterocycles. The zero-order valence-electron chi connectivity index (χ0n) is 11.1. The van der Waals surface area contributed by atoms with Crippen LogP contribution in [-0.2, 0) is 11.2 Å². The third kappa shape index (κ3) is 2.90. The van der Waals surface area contributed by atoms with Crippen molar-refractivity contribution in [2.24, 2.45) is 0 Å². The number of halogens is 1. The van der Waals surface area contributed by atoms with E-state index in [1.54, 1.807) is 13.8 Å².